The van der Waals surface area contributed by atoms with E-state index in [0.29, 0.717) is 5.56 Å². The lowest BCUT2D eigenvalue weighted by Gasteiger charge is -2.02. The maximum absolute atomic E-state index is 12.6. The van der Waals surface area contributed by atoms with Gasteiger partial charge in [0.25, 0.3) is 0 Å². The Hall–Kier alpha value is -3.33. The molecular weight excluding hydrogens is 296 g/mol. The van der Waals surface area contributed by atoms with Gasteiger partial charge in [0.2, 0.25) is 0 Å². The first kappa shape index (κ1) is 14.3. The van der Waals surface area contributed by atoms with E-state index in [2.05, 4.69) is 9.97 Å². The Balaban J connectivity index is 1.68. The second kappa shape index (κ2) is 6.05. The lowest BCUT2D eigenvalue weighted by atomic mass is 10.0. The maximum Gasteiger partial charge on any atom is 0.186 e. The molecule has 114 valence electrons. The monoisotopic (exact) mass is 310 g/mol. The van der Waals surface area contributed by atoms with Gasteiger partial charge in [0, 0.05) is 22.5 Å². The van der Waals surface area contributed by atoms with Crippen molar-refractivity contribution >= 4 is 33.7 Å². The number of para-hydroxylation sites is 2. The lowest BCUT2D eigenvalue weighted by molar-refractivity contribution is 0.104. The van der Waals surface area contributed by atoms with Crippen LogP contribution in [0.1, 0.15) is 16.1 Å². The molecule has 0 aliphatic heterocycles. The van der Waals surface area contributed by atoms with E-state index in [1.807, 2.05) is 60.7 Å². The van der Waals surface area contributed by atoms with Gasteiger partial charge < -0.3 is 0 Å². The minimum absolute atomic E-state index is 0.0523. The van der Waals surface area contributed by atoms with E-state index in [1.54, 1.807) is 24.4 Å². The Bertz CT molecular complexity index is 1080. The Labute approximate surface area is 139 Å². The van der Waals surface area contributed by atoms with Crippen molar-refractivity contribution < 1.29 is 4.79 Å². The molecule has 0 saturated carbocycles. The molecule has 0 bridgehead atoms. The molecule has 3 nitrogen and oxygen atoms in total. The molecule has 0 amide bonds. The molecule has 0 radical (unpaired) electrons. The average Bonchev–Trinajstić information content (AvgIpc) is 2.65. The zero-order valence-corrected chi connectivity index (χ0v) is 12.9. The minimum Gasteiger partial charge on any atom is -0.289 e. The second-order valence-electron chi connectivity index (χ2n) is 5.50. The summed E-state index contributed by atoms with van der Waals surface area (Å²) in [6, 6.07) is 21.2. The summed E-state index contributed by atoms with van der Waals surface area (Å²) >= 11 is 0. The number of ketones is 1. The Morgan fingerprint density at radius 3 is 2.54 bits per heavy atom. The SMILES string of the molecule is O=C(C=Cc1ccc2ccccc2n1)c1ccnc2ccccc12. The summed E-state index contributed by atoms with van der Waals surface area (Å²) in [6.45, 7) is 0. The molecule has 0 saturated heterocycles. The molecule has 0 fully saturated rings. The van der Waals surface area contributed by atoms with Crippen LogP contribution in [-0.4, -0.2) is 15.8 Å². The summed E-state index contributed by atoms with van der Waals surface area (Å²) in [5.41, 5.74) is 3.15. The molecule has 2 aromatic carbocycles. The van der Waals surface area contributed by atoms with Gasteiger partial charge in [0.05, 0.1) is 16.7 Å². The molecule has 0 aliphatic carbocycles. The van der Waals surface area contributed by atoms with E-state index in [-0.39, 0.29) is 5.78 Å². The summed E-state index contributed by atoms with van der Waals surface area (Å²) in [7, 11) is 0. The number of fused-ring (bicyclic) bond motifs is 2. The number of hydrogen-bond acceptors (Lipinski definition) is 3. The Morgan fingerprint density at radius 1 is 0.833 bits per heavy atom. The molecule has 0 N–H and O–H groups in total. The van der Waals surface area contributed by atoms with Crippen molar-refractivity contribution in [2.45, 2.75) is 0 Å². The van der Waals surface area contributed by atoms with Gasteiger partial charge in [-0.2, -0.15) is 0 Å². The number of nitrogens with zero attached hydrogens (tertiary/aromatic N) is 2. The fourth-order valence-electron chi connectivity index (χ4n) is 2.74. The van der Waals surface area contributed by atoms with Gasteiger partial charge in [0.1, 0.15) is 0 Å². The molecule has 24 heavy (non-hydrogen) atoms. The van der Waals surface area contributed by atoms with Gasteiger partial charge in [0.15, 0.2) is 5.78 Å². The zero-order valence-electron chi connectivity index (χ0n) is 12.9. The first-order chi connectivity index (χ1) is 11.8. The third-order valence-corrected chi connectivity index (χ3v) is 3.94. The van der Waals surface area contributed by atoms with Crippen LogP contribution < -0.4 is 0 Å². The molecule has 2 heterocycles. The van der Waals surface area contributed by atoms with E-state index in [9.17, 15) is 4.79 Å². The van der Waals surface area contributed by atoms with Crippen LogP contribution in [0, 0.1) is 0 Å². The minimum atomic E-state index is -0.0523. The number of aromatic nitrogens is 2. The van der Waals surface area contributed by atoms with Gasteiger partial charge in [-0.15, -0.1) is 0 Å². The van der Waals surface area contributed by atoms with Crippen molar-refractivity contribution in [2.75, 3.05) is 0 Å². The van der Waals surface area contributed by atoms with Gasteiger partial charge in [-0.1, -0.05) is 42.5 Å². The van der Waals surface area contributed by atoms with Crippen molar-refractivity contribution in [3.63, 3.8) is 0 Å². The molecule has 0 aliphatic rings. The van der Waals surface area contributed by atoms with Gasteiger partial charge in [-0.05, 0) is 36.4 Å². The summed E-state index contributed by atoms with van der Waals surface area (Å²) in [4.78, 5) is 21.4. The topological polar surface area (TPSA) is 42.9 Å². The molecule has 4 rings (SSSR count). The van der Waals surface area contributed by atoms with E-state index < -0.39 is 0 Å². The van der Waals surface area contributed by atoms with Crippen LogP contribution in [0.25, 0.3) is 27.9 Å². The van der Waals surface area contributed by atoms with Crippen LogP contribution in [0.3, 0.4) is 0 Å². The van der Waals surface area contributed by atoms with E-state index >= 15 is 0 Å². The highest BCUT2D eigenvalue weighted by Crippen LogP contribution is 2.18. The van der Waals surface area contributed by atoms with Crippen LogP contribution in [0.4, 0.5) is 0 Å². The molecule has 3 heteroatoms. The fraction of sp³-hybridized carbons (Fsp3) is 0. The van der Waals surface area contributed by atoms with E-state index in [1.165, 1.54) is 0 Å². The predicted molar refractivity (Wildman–Crippen MR) is 96.9 cm³/mol. The number of allylic oxidation sites excluding steroid dienone is 1. The van der Waals surface area contributed by atoms with Gasteiger partial charge in [-0.3, -0.25) is 9.78 Å². The lowest BCUT2D eigenvalue weighted by Crippen LogP contribution is -1.96. The van der Waals surface area contributed by atoms with Crippen LogP contribution in [0.5, 0.6) is 0 Å². The number of carbonyl (C=O) groups is 1. The predicted octanol–water partition coefficient (Wildman–Crippen LogP) is 4.68. The van der Waals surface area contributed by atoms with Crippen LogP contribution in [0.15, 0.2) is 79.0 Å². The summed E-state index contributed by atoms with van der Waals surface area (Å²) in [5.74, 6) is -0.0523. The molecular formula is C21H14N2O. The van der Waals surface area contributed by atoms with Crippen molar-refractivity contribution in [2.24, 2.45) is 0 Å². The normalized spacial score (nSPS) is 11.3. The largest absolute Gasteiger partial charge is 0.289 e. The summed E-state index contributed by atoms with van der Waals surface area (Å²) in [5, 5.41) is 1.95. The molecule has 0 atom stereocenters. The van der Waals surface area contributed by atoms with Crippen molar-refractivity contribution in [3.8, 4) is 0 Å². The van der Waals surface area contributed by atoms with Gasteiger partial charge >= 0.3 is 0 Å². The smallest absolute Gasteiger partial charge is 0.186 e. The standard InChI is InChI=1S/C21H14N2O/c24-21(18-13-14-22-20-8-4-2-6-17(18)20)12-11-16-10-9-15-5-1-3-7-19(15)23-16/h1-14H. The third-order valence-electron chi connectivity index (χ3n) is 3.94. The molecule has 4 aromatic rings. The van der Waals surface area contributed by atoms with Crippen LogP contribution in [0.2, 0.25) is 0 Å². The molecule has 2 aromatic heterocycles. The molecule has 0 spiro atoms. The van der Waals surface area contributed by atoms with E-state index in [4.69, 9.17) is 0 Å². The molecule has 0 unspecified atom stereocenters. The van der Waals surface area contributed by atoms with Crippen LogP contribution in [-0.2, 0) is 0 Å². The van der Waals surface area contributed by atoms with Crippen molar-refractivity contribution in [1.82, 2.24) is 9.97 Å². The third kappa shape index (κ3) is 2.68. The fourth-order valence-corrected chi connectivity index (χ4v) is 2.74. The number of hydrogen-bond donors (Lipinski definition) is 0. The van der Waals surface area contributed by atoms with E-state index in [0.717, 1.165) is 27.5 Å². The zero-order chi connectivity index (χ0) is 16.4. The Kier molecular flexibility index (Phi) is 3.60. The van der Waals surface area contributed by atoms with Gasteiger partial charge in [-0.25, -0.2) is 4.98 Å². The quantitative estimate of drug-likeness (QED) is 0.407. The second-order valence-corrected chi connectivity index (χ2v) is 5.50. The van der Waals surface area contributed by atoms with Crippen molar-refractivity contribution in [1.29, 1.82) is 0 Å². The summed E-state index contributed by atoms with van der Waals surface area (Å²) < 4.78 is 0. The van der Waals surface area contributed by atoms with Crippen molar-refractivity contribution in [3.05, 3.63) is 90.3 Å². The highest BCUT2D eigenvalue weighted by atomic mass is 16.1. The van der Waals surface area contributed by atoms with Crippen LogP contribution >= 0.6 is 0 Å². The maximum atomic E-state index is 12.6. The highest BCUT2D eigenvalue weighted by molar-refractivity contribution is 6.14. The number of rotatable bonds is 3. The average molecular weight is 310 g/mol. The summed E-state index contributed by atoms with van der Waals surface area (Å²) in [6.07, 6.45) is 4.99. The highest BCUT2D eigenvalue weighted by Gasteiger charge is 2.07. The first-order valence-corrected chi connectivity index (χ1v) is 7.73. The first-order valence-electron chi connectivity index (χ1n) is 7.73. The Morgan fingerprint density at radius 2 is 1.62 bits per heavy atom. The number of carbonyl (C=O) groups excluding carboxylic acids is 1. The number of pyridine rings is 2. The number of benzene rings is 2.